The normalized spacial score (nSPS) is 48.8. The molecule has 0 heterocycles. The standard InChI is InChI=1S/C24H30O2/c1-14-15(2)21-17(13-20(14)26)5-6-19-18(21)7-8-22(4)23(16(3)25)9-11-24(19,22)12-10-23/h7-8,13-15,19H,5-6,9-12H2,1-4H3/t14?,15?,19-,22-,23?,24?/m1/s1. The first-order valence-electron chi connectivity index (χ1n) is 10.5. The van der Waals surface area contributed by atoms with E-state index in [0.717, 1.165) is 25.7 Å². The van der Waals surface area contributed by atoms with Gasteiger partial charge in [-0.15, -0.1) is 0 Å². The van der Waals surface area contributed by atoms with Crippen LogP contribution in [0.5, 0.6) is 0 Å². The first-order chi connectivity index (χ1) is 12.3. The van der Waals surface area contributed by atoms with E-state index in [0.29, 0.717) is 23.4 Å². The Morgan fingerprint density at radius 1 is 1.12 bits per heavy atom. The van der Waals surface area contributed by atoms with Crippen molar-refractivity contribution in [3.8, 4) is 0 Å². The topological polar surface area (TPSA) is 34.1 Å². The van der Waals surface area contributed by atoms with E-state index in [1.54, 1.807) is 0 Å². The molecule has 2 unspecified atom stereocenters. The lowest BCUT2D eigenvalue weighted by Gasteiger charge is -2.53. The summed E-state index contributed by atoms with van der Waals surface area (Å²) in [7, 11) is 0. The summed E-state index contributed by atoms with van der Waals surface area (Å²) in [6.07, 6.45) is 13.4. The Hall–Kier alpha value is -1.44. The number of carbonyl (C=O) groups excluding carboxylic acids is 2. The number of Topliss-reactive ketones (excluding diaryl/α,β-unsaturated/α-hetero) is 1. The summed E-state index contributed by atoms with van der Waals surface area (Å²) in [5.41, 5.74) is 4.41. The maximum atomic E-state index is 12.7. The van der Waals surface area contributed by atoms with Crippen molar-refractivity contribution in [3.05, 3.63) is 34.9 Å². The molecule has 0 saturated heterocycles. The molecule has 5 aliphatic rings. The average Bonchev–Trinajstić information content (AvgIpc) is 3.04. The Bertz CT molecular complexity index is 815. The highest BCUT2D eigenvalue weighted by Gasteiger charge is 2.73. The van der Waals surface area contributed by atoms with Crippen molar-refractivity contribution in [3.63, 3.8) is 0 Å². The minimum Gasteiger partial charge on any atom is -0.299 e. The Balaban J connectivity index is 1.72. The van der Waals surface area contributed by atoms with Gasteiger partial charge in [-0.2, -0.15) is 0 Å². The fourth-order valence-electron chi connectivity index (χ4n) is 7.90. The molecule has 26 heavy (non-hydrogen) atoms. The molecule has 4 atom stereocenters. The van der Waals surface area contributed by atoms with Crippen LogP contribution >= 0.6 is 0 Å². The third kappa shape index (κ3) is 1.58. The zero-order valence-electron chi connectivity index (χ0n) is 16.5. The van der Waals surface area contributed by atoms with Crippen LogP contribution in [0.25, 0.3) is 0 Å². The number of hydrogen-bond acceptors (Lipinski definition) is 2. The highest BCUT2D eigenvalue weighted by atomic mass is 16.1. The van der Waals surface area contributed by atoms with E-state index in [1.165, 1.54) is 29.6 Å². The Labute approximate surface area is 156 Å². The zero-order valence-corrected chi connectivity index (χ0v) is 16.5. The Kier molecular flexibility index (Phi) is 3.14. The third-order valence-corrected chi connectivity index (χ3v) is 9.67. The molecule has 0 aromatic rings. The van der Waals surface area contributed by atoms with Gasteiger partial charge in [0.15, 0.2) is 5.78 Å². The molecule has 2 fully saturated rings. The van der Waals surface area contributed by atoms with Crippen molar-refractivity contribution in [1.82, 2.24) is 0 Å². The Morgan fingerprint density at radius 3 is 2.46 bits per heavy atom. The van der Waals surface area contributed by atoms with Crippen LogP contribution in [0.3, 0.4) is 0 Å². The minimum atomic E-state index is -0.128. The van der Waals surface area contributed by atoms with Crippen LogP contribution < -0.4 is 0 Å². The van der Waals surface area contributed by atoms with E-state index >= 15 is 0 Å². The van der Waals surface area contributed by atoms with Crippen molar-refractivity contribution in [2.24, 2.45) is 34.0 Å². The maximum Gasteiger partial charge on any atom is 0.159 e. The zero-order chi connectivity index (χ0) is 18.5. The van der Waals surface area contributed by atoms with Crippen LogP contribution in [-0.2, 0) is 9.59 Å². The molecule has 0 amide bonds. The molecular formula is C24H30O2. The largest absolute Gasteiger partial charge is 0.299 e. The molecule has 2 nitrogen and oxygen atoms in total. The lowest BCUT2D eigenvalue weighted by atomic mass is 9.50. The molecule has 0 aliphatic heterocycles. The summed E-state index contributed by atoms with van der Waals surface area (Å²) in [4.78, 5) is 25.1. The first kappa shape index (κ1) is 16.7. The molecule has 2 saturated carbocycles. The maximum absolute atomic E-state index is 12.7. The van der Waals surface area contributed by atoms with Gasteiger partial charge in [0, 0.05) is 16.7 Å². The first-order valence-corrected chi connectivity index (χ1v) is 10.5. The molecule has 2 heteroatoms. The van der Waals surface area contributed by atoms with Crippen LogP contribution in [0.1, 0.15) is 66.2 Å². The predicted molar refractivity (Wildman–Crippen MR) is 102 cm³/mol. The van der Waals surface area contributed by atoms with Crippen LogP contribution in [0.15, 0.2) is 34.9 Å². The third-order valence-electron chi connectivity index (χ3n) is 9.67. The summed E-state index contributed by atoms with van der Waals surface area (Å²) >= 11 is 0. The van der Waals surface area contributed by atoms with E-state index in [2.05, 4.69) is 32.9 Å². The molecule has 0 aromatic carbocycles. The quantitative estimate of drug-likeness (QED) is 0.651. The number of fused-ring (bicyclic) bond motifs is 2. The molecule has 0 spiro atoms. The SMILES string of the molecule is CC(=O)C12CCC3(CC1)[C@@H]1CCC4=CC(=O)C(C)C(C)C4=C1C=C[C@]23C. The van der Waals surface area contributed by atoms with E-state index in [1.807, 2.05) is 13.0 Å². The molecule has 138 valence electrons. The molecular weight excluding hydrogens is 320 g/mol. The van der Waals surface area contributed by atoms with Crippen LogP contribution in [0.4, 0.5) is 0 Å². The van der Waals surface area contributed by atoms with Gasteiger partial charge in [-0.3, -0.25) is 9.59 Å². The molecule has 0 aromatic heterocycles. The number of carbonyl (C=O) groups is 2. The van der Waals surface area contributed by atoms with E-state index in [-0.39, 0.29) is 22.2 Å². The number of ketones is 2. The fourth-order valence-corrected chi connectivity index (χ4v) is 7.90. The highest BCUT2D eigenvalue weighted by Crippen LogP contribution is 2.79. The van der Waals surface area contributed by atoms with Crippen molar-refractivity contribution in [2.75, 3.05) is 0 Å². The van der Waals surface area contributed by atoms with Gasteiger partial charge < -0.3 is 0 Å². The van der Waals surface area contributed by atoms with Gasteiger partial charge in [-0.25, -0.2) is 0 Å². The fraction of sp³-hybridized carbons (Fsp3) is 0.667. The van der Waals surface area contributed by atoms with E-state index in [4.69, 9.17) is 0 Å². The second-order valence-corrected chi connectivity index (χ2v) is 9.94. The van der Waals surface area contributed by atoms with E-state index < -0.39 is 0 Å². The number of rotatable bonds is 1. The predicted octanol–water partition coefficient (Wildman–Crippen LogP) is 5.20. The van der Waals surface area contributed by atoms with Crippen molar-refractivity contribution >= 4 is 11.6 Å². The Morgan fingerprint density at radius 2 is 1.81 bits per heavy atom. The number of hydrogen-bond donors (Lipinski definition) is 0. The molecule has 2 bridgehead atoms. The van der Waals surface area contributed by atoms with Gasteiger partial charge >= 0.3 is 0 Å². The van der Waals surface area contributed by atoms with E-state index in [9.17, 15) is 9.59 Å². The van der Waals surface area contributed by atoms with Gasteiger partial charge in [0.05, 0.1) is 0 Å². The lowest BCUT2D eigenvalue weighted by molar-refractivity contribution is -0.130. The van der Waals surface area contributed by atoms with Gasteiger partial charge in [-0.05, 0) is 85.5 Å². The van der Waals surface area contributed by atoms with Crippen molar-refractivity contribution in [1.29, 1.82) is 0 Å². The smallest absolute Gasteiger partial charge is 0.159 e. The summed E-state index contributed by atoms with van der Waals surface area (Å²) in [5, 5.41) is 0. The highest BCUT2D eigenvalue weighted by molar-refractivity contribution is 5.95. The number of allylic oxidation sites excluding steroid dienone is 6. The minimum absolute atomic E-state index is 0.0150. The van der Waals surface area contributed by atoms with Gasteiger partial charge in [-0.1, -0.05) is 32.9 Å². The lowest BCUT2D eigenvalue weighted by Crippen LogP contribution is -2.47. The van der Waals surface area contributed by atoms with Crippen LogP contribution in [0, 0.1) is 34.0 Å². The summed E-state index contributed by atoms with van der Waals surface area (Å²) in [5.74, 6) is 1.67. The monoisotopic (exact) mass is 350 g/mol. The van der Waals surface area contributed by atoms with Gasteiger partial charge in [0.2, 0.25) is 0 Å². The molecule has 5 aliphatic carbocycles. The summed E-state index contributed by atoms with van der Waals surface area (Å²) < 4.78 is 0. The van der Waals surface area contributed by atoms with Gasteiger partial charge in [0.25, 0.3) is 0 Å². The van der Waals surface area contributed by atoms with Gasteiger partial charge in [0.1, 0.15) is 5.78 Å². The molecule has 0 radical (unpaired) electrons. The summed E-state index contributed by atoms with van der Waals surface area (Å²) in [6, 6.07) is 0. The molecule has 5 rings (SSSR count). The van der Waals surface area contributed by atoms with Crippen molar-refractivity contribution in [2.45, 2.75) is 66.2 Å². The second kappa shape index (κ2) is 4.88. The van der Waals surface area contributed by atoms with Crippen LogP contribution in [0.2, 0.25) is 0 Å². The molecule has 0 N–H and O–H groups in total. The van der Waals surface area contributed by atoms with Crippen molar-refractivity contribution < 1.29 is 9.59 Å². The average molecular weight is 351 g/mol. The van der Waals surface area contributed by atoms with Crippen LogP contribution in [-0.4, -0.2) is 11.6 Å². The summed E-state index contributed by atoms with van der Waals surface area (Å²) in [6.45, 7) is 8.53. The second-order valence-electron chi connectivity index (χ2n) is 9.94.